The van der Waals surface area contributed by atoms with Gasteiger partial charge in [0.25, 0.3) is 5.56 Å². The normalized spacial score (nSPS) is 33.0. The van der Waals surface area contributed by atoms with E-state index in [2.05, 4.69) is 10.2 Å². The zero-order valence-corrected chi connectivity index (χ0v) is 18.4. The molecule has 3 rings (SSSR count). The smallest absolute Gasteiger partial charge is 0.341 e. The van der Waals surface area contributed by atoms with Gasteiger partial charge < -0.3 is 18.7 Å². The van der Waals surface area contributed by atoms with E-state index in [0.717, 1.165) is 23.8 Å². The van der Waals surface area contributed by atoms with Gasteiger partial charge in [-0.25, -0.2) is 19.4 Å². The second-order valence-electron chi connectivity index (χ2n) is 7.66. The van der Waals surface area contributed by atoms with E-state index in [4.69, 9.17) is 18.7 Å². The average molecular weight is 478 g/mol. The molecule has 0 saturated carbocycles. The van der Waals surface area contributed by atoms with Crippen molar-refractivity contribution in [2.24, 2.45) is 0 Å². The quantitative estimate of drug-likeness (QED) is 0.363. The Labute approximate surface area is 181 Å². The molecule has 13 nitrogen and oxygen atoms in total. The number of aromatic amines is 1. The number of carbonyl (C=O) groups excluding carboxylic acids is 2. The fraction of sp³-hybridized carbons (Fsp3) is 0.647. The van der Waals surface area contributed by atoms with Crippen molar-refractivity contribution < 1.29 is 37.3 Å². The van der Waals surface area contributed by atoms with E-state index in [1.165, 1.54) is 0 Å². The number of ether oxygens (including phenoxy) is 3. The van der Waals surface area contributed by atoms with Gasteiger partial charge in [-0.05, 0) is 20.8 Å². The number of esters is 2. The molecule has 2 saturated heterocycles. The largest absolute Gasteiger partial charge is 0.462 e. The standard InChI is InChI=1S/C17H24FN4O9P/c1-9(2)29-12(24)6-19-32(27)20-7-13(25)31-14-10(8-28-32)30-15(17(14,3)18)22-5-4-11(23)21-16(22)26/h4-5,9-10,14-15H,6-8H2,1-3H3,(H2,19,20,27)(H,21,23,26)/t10-,14?,15-,17-,32?/m1/s1. The summed E-state index contributed by atoms with van der Waals surface area (Å²) >= 11 is 0. The van der Waals surface area contributed by atoms with E-state index >= 15 is 4.39 Å². The van der Waals surface area contributed by atoms with E-state index in [-0.39, 0.29) is 0 Å². The number of nitrogens with one attached hydrogen (secondary N) is 3. The molecule has 5 atom stereocenters. The van der Waals surface area contributed by atoms with Crippen molar-refractivity contribution in [2.75, 3.05) is 19.7 Å². The first-order valence-electron chi connectivity index (χ1n) is 9.71. The number of aromatic nitrogens is 2. The van der Waals surface area contributed by atoms with Crippen molar-refractivity contribution in [1.29, 1.82) is 0 Å². The van der Waals surface area contributed by atoms with Gasteiger partial charge in [0.15, 0.2) is 18.0 Å². The molecule has 2 fully saturated rings. The minimum atomic E-state index is -3.97. The third kappa shape index (κ3) is 5.33. The molecule has 3 heterocycles. The van der Waals surface area contributed by atoms with Crippen LogP contribution >= 0.6 is 7.67 Å². The molecular weight excluding hydrogens is 454 g/mol. The zero-order valence-electron chi connectivity index (χ0n) is 17.5. The number of H-pyrrole nitrogens is 1. The van der Waals surface area contributed by atoms with Crippen molar-refractivity contribution in [3.8, 4) is 0 Å². The number of carbonyl (C=O) groups is 2. The molecule has 2 aliphatic rings. The first-order valence-corrected chi connectivity index (χ1v) is 11.3. The summed E-state index contributed by atoms with van der Waals surface area (Å²) in [6.07, 6.45) is -3.68. The van der Waals surface area contributed by atoms with Crippen molar-refractivity contribution in [1.82, 2.24) is 19.7 Å². The lowest BCUT2D eigenvalue weighted by atomic mass is 9.98. The second kappa shape index (κ2) is 9.24. The Hall–Kier alpha value is -2.38. The van der Waals surface area contributed by atoms with E-state index in [0.29, 0.717) is 0 Å². The van der Waals surface area contributed by atoms with E-state index < -0.39 is 80.8 Å². The Kier molecular flexibility index (Phi) is 7.00. The Morgan fingerprint density at radius 3 is 2.81 bits per heavy atom. The second-order valence-corrected chi connectivity index (χ2v) is 9.66. The van der Waals surface area contributed by atoms with Gasteiger partial charge >= 0.3 is 25.3 Å². The summed E-state index contributed by atoms with van der Waals surface area (Å²) in [4.78, 5) is 49.4. The van der Waals surface area contributed by atoms with Gasteiger partial charge in [0.1, 0.15) is 19.2 Å². The molecule has 0 bridgehead atoms. The van der Waals surface area contributed by atoms with Gasteiger partial charge in [0.05, 0.1) is 12.7 Å². The minimum absolute atomic E-state index is 0.391. The predicted octanol–water partition coefficient (Wildman–Crippen LogP) is -0.657. The lowest BCUT2D eigenvalue weighted by Gasteiger charge is -2.27. The topological polar surface area (TPSA) is 167 Å². The number of fused-ring (bicyclic) bond motifs is 1. The summed E-state index contributed by atoms with van der Waals surface area (Å²) in [6.45, 7) is 2.73. The molecule has 2 unspecified atom stereocenters. The summed E-state index contributed by atoms with van der Waals surface area (Å²) in [5.41, 5.74) is -4.02. The molecule has 178 valence electrons. The lowest BCUT2D eigenvalue weighted by Crippen LogP contribution is -2.46. The SMILES string of the molecule is CC(C)OC(=O)CNP1(=O)NCC(=O)OC2[C@@H](CO1)O[C@@H](n1ccc(=O)[nH]c1=O)[C@]2(C)F. The molecule has 2 aliphatic heterocycles. The summed E-state index contributed by atoms with van der Waals surface area (Å²) in [5, 5.41) is 4.71. The van der Waals surface area contributed by atoms with Gasteiger partial charge in [-0.3, -0.25) is 28.5 Å². The van der Waals surface area contributed by atoms with Gasteiger partial charge in [0, 0.05) is 12.3 Å². The third-order valence-corrected chi connectivity index (χ3v) is 6.36. The first-order chi connectivity index (χ1) is 14.9. The first kappa shape index (κ1) is 24.3. The highest BCUT2D eigenvalue weighted by Crippen LogP contribution is 2.45. The molecule has 3 N–H and O–H groups in total. The van der Waals surface area contributed by atoms with Crippen LogP contribution in [0, 0.1) is 0 Å². The summed E-state index contributed by atoms with van der Waals surface area (Å²) in [5.74, 6) is -1.66. The molecule has 0 spiro atoms. The Balaban J connectivity index is 1.80. The Morgan fingerprint density at radius 1 is 1.44 bits per heavy atom. The van der Waals surface area contributed by atoms with Gasteiger partial charge in [-0.15, -0.1) is 0 Å². The number of hydrogen-bond acceptors (Lipinski definition) is 9. The highest BCUT2D eigenvalue weighted by Gasteiger charge is 2.59. The zero-order chi connectivity index (χ0) is 23.7. The van der Waals surface area contributed by atoms with Crippen molar-refractivity contribution in [3.05, 3.63) is 33.1 Å². The maximum absolute atomic E-state index is 15.7. The van der Waals surface area contributed by atoms with Gasteiger partial charge in [-0.2, -0.15) is 0 Å². The van der Waals surface area contributed by atoms with Gasteiger partial charge in [0.2, 0.25) is 0 Å². The Bertz CT molecular complexity index is 1040. The summed E-state index contributed by atoms with van der Waals surface area (Å²) < 4.78 is 50.6. The average Bonchev–Trinajstić information content (AvgIpc) is 2.96. The summed E-state index contributed by atoms with van der Waals surface area (Å²) in [6, 6.07) is 1.01. The maximum atomic E-state index is 15.7. The van der Waals surface area contributed by atoms with Crippen LogP contribution in [0.3, 0.4) is 0 Å². The minimum Gasteiger partial charge on any atom is -0.462 e. The number of rotatable bonds is 5. The highest BCUT2D eigenvalue weighted by atomic mass is 31.2. The highest BCUT2D eigenvalue weighted by molar-refractivity contribution is 7.54. The molecule has 0 radical (unpaired) electrons. The van der Waals surface area contributed by atoms with Crippen LogP contribution < -0.4 is 21.4 Å². The van der Waals surface area contributed by atoms with Gasteiger partial charge in [-0.1, -0.05) is 0 Å². The molecule has 0 aliphatic carbocycles. The van der Waals surface area contributed by atoms with Crippen molar-refractivity contribution in [2.45, 2.75) is 51.0 Å². The maximum Gasteiger partial charge on any atom is 0.341 e. The predicted molar refractivity (Wildman–Crippen MR) is 105 cm³/mol. The van der Waals surface area contributed by atoms with Crippen LogP contribution in [0.25, 0.3) is 0 Å². The molecule has 1 aromatic rings. The fourth-order valence-corrected chi connectivity index (χ4v) is 4.62. The Morgan fingerprint density at radius 2 is 2.16 bits per heavy atom. The van der Waals surface area contributed by atoms with Crippen LogP contribution in [0.15, 0.2) is 21.9 Å². The van der Waals surface area contributed by atoms with Crippen LogP contribution in [0.4, 0.5) is 4.39 Å². The molecule has 0 amide bonds. The van der Waals surface area contributed by atoms with Crippen LogP contribution in [0.5, 0.6) is 0 Å². The lowest BCUT2D eigenvalue weighted by molar-refractivity contribution is -0.156. The van der Waals surface area contributed by atoms with Crippen molar-refractivity contribution in [3.63, 3.8) is 0 Å². The third-order valence-electron chi connectivity index (χ3n) is 4.69. The van der Waals surface area contributed by atoms with Crippen LogP contribution in [-0.4, -0.2) is 65.2 Å². The van der Waals surface area contributed by atoms with E-state index in [1.807, 2.05) is 4.98 Å². The van der Waals surface area contributed by atoms with Crippen LogP contribution in [0.1, 0.15) is 27.0 Å². The number of hydrogen-bond donors (Lipinski definition) is 3. The monoisotopic (exact) mass is 478 g/mol. The van der Waals surface area contributed by atoms with Crippen LogP contribution in [0.2, 0.25) is 0 Å². The molecule has 1 aromatic heterocycles. The van der Waals surface area contributed by atoms with E-state index in [1.54, 1.807) is 13.8 Å². The molecule has 32 heavy (non-hydrogen) atoms. The molecule has 15 heteroatoms. The number of halogens is 1. The fourth-order valence-electron chi connectivity index (χ4n) is 3.29. The summed E-state index contributed by atoms with van der Waals surface area (Å²) in [7, 11) is -3.97. The number of alkyl halides is 1. The number of nitrogens with zero attached hydrogens (tertiary/aromatic N) is 1. The van der Waals surface area contributed by atoms with Crippen molar-refractivity contribution >= 4 is 19.6 Å². The van der Waals surface area contributed by atoms with Crippen LogP contribution in [-0.2, 0) is 32.9 Å². The van der Waals surface area contributed by atoms with E-state index in [9.17, 15) is 23.7 Å². The molecule has 0 aromatic carbocycles. The molecular formula is C17H24FN4O9P.